The van der Waals surface area contributed by atoms with Crippen molar-refractivity contribution in [3.8, 4) is 11.5 Å². The van der Waals surface area contributed by atoms with E-state index in [9.17, 15) is 8.42 Å². The first-order valence-corrected chi connectivity index (χ1v) is 11.2. The van der Waals surface area contributed by atoms with Crippen molar-refractivity contribution >= 4 is 44.9 Å². The van der Waals surface area contributed by atoms with Crippen LogP contribution in [-0.4, -0.2) is 14.4 Å². The number of sulfonamides is 1. The van der Waals surface area contributed by atoms with Gasteiger partial charge in [-0.15, -0.1) is 0 Å². The first-order chi connectivity index (χ1) is 14.3. The number of hydrogen-bond donors (Lipinski definition) is 2. The number of benzene rings is 3. The van der Waals surface area contributed by atoms with Gasteiger partial charge in [0, 0.05) is 5.02 Å². The highest BCUT2D eigenvalue weighted by Gasteiger charge is 2.29. The molecule has 9 heteroatoms. The molecule has 0 aromatic heterocycles. The van der Waals surface area contributed by atoms with Gasteiger partial charge in [-0.1, -0.05) is 59.6 Å². The molecule has 154 valence electrons. The van der Waals surface area contributed by atoms with Crippen LogP contribution in [0.15, 0.2) is 70.6 Å². The van der Waals surface area contributed by atoms with Crippen molar-refractivity contribution in [1.29, 1.82) is 0 Å². The molecule has 2 N–H and O–H groups in total. The number of fused-ring (bicyclic) bond motifs is 1. The highest BCUT2D eigenvalue weighted by molar-refractivity contribution is 7.90. The van der Waals surface area contributed by atoms with Gasteiger partial charge in [0.2, 0.25) is 5.96 Å². The average molecular weight is 462 g/mol. The minimum absolute atomic E-state index is 0.0552. The fourth-order valence-electron chi connectivity index (χ4n) is 2.98. The molecule has 6 nitrogen and oxygen atoms in total. The molecule has 3 aromatic carbocycles. The van der Waals surface area contributed by atoms with Crippen LogP contribution in [0.25, 0.3) is 0 Å². The summed E-state index contributed by atoms with van der Waals surface area (Å²) in [5.41, 5.74) is 1.99. The summed E-state index contributed by atoms with van der Waals surface area (Å²) in [6.07, 6.45) is 0. The molecular weight excluding hydrogens is 445 g/mol. The molecule has 1 aliphatic rings. The lowest BCUT2D eigenvalue weighted by molar-refractivity contribution is 0.483. The van der Waals surface area contributed by atoms with E-state index in [-0.39, 0.29) is 23.1 Å². The maximum absolute atomic E-state index is 12.7. The normalized spacial score (nSPS) is 15.8. The van der Waals surface area contributed by atoms with Crippen LogP contribution in [-0.2, 0) is 16.6 Å². The second-order valence-corrected chi connectivity index (χ2v) is 9.04. The molecule has 1 heterocycles. The van der Waals surface area contributed by atoms with Gasteiger partial charge in [0.05, 0.1) is 11.6 Å². The van der Waals surface area contributed by atoms with E-state index in [1.165, 1.54) is 6.07 Å². The molecule has 0 atom stereocenters. The van der Waals surface area contributed by atoms with Gasteiger partial charge in [0.15, 0.2) is 5.75 Å². The lowest BCUT2D eigenvalue weighted by Crippen LogP contribution is -2.40. The van der Waals surface area contributed by atoms with Gasteiger partial charge in [-0.3, -0.25) is 0 Å². The van der Waals surface area contributed by atoms with Crippen LogP contribution >= 0.6 is 23.2 Å². The summed E-state index contributed by atoms with van der Waals surface area (Å²) >= 11 is 12.5. The van der Waals surface area contributed by atoms with Gasteiger partial charge in [0.1, 0.15) is 16.3 Å². The molecule has 0 unspecified atom stereocenters. The minimum atomic E-state index is -3.83. The minimum Gasteiger partial charge on any atom is -0.454 e. The third kappa shape index (κ3) is 4.09. The van der Waals surface area contributed by atoms with Crippen LogP contribution in [0.5, 0.6) is 11.5 Å². The van der Waals surface area contributed by atoms with E-state index in [4.69, 9.17) is 27.9 Å². The van der Waals surface area contributed by atoms with E-state index in [0.29, 0.717) is 21.5 Å². The second-order valence-electron chi connectivity index (χ2n) is 6.61. The predicted molar refractivity (Wildman–Crippen MR) is 119 cm³/mol. The quantitative estimate of drug-likeness (QED) is 0.548. The lowest BCUT2D eigenvalue weighted by Gasteiger charge is -2.23. The summed E-state index contributed by atoms with van der Waals surface area (Å²) in [6.45, 7) is 2.10. The third-order valence-corrected chi connectivity index (χ3v) is 6.72. The molecule has 1 aliphatic heterocycles. The summed E-state index contributed by atoms with van der Waals surface area (Å²) in [5, 5.41) is 4.03. The largest absolute Gasteiger partial charge is 0.454 e. The van der Waals surface area contributed by atoms with Gasteiger partial charge in [-0.05, 0) is 42.3 Å². The van der Waals surface area contributed by atoms with Crippen LogP contribution in [0.4, 0.5) is 5.69 Å². The lowest BCUT2D eigenvalue weighted by atomic mass is 10.1. The molecule has 0 saturated heterocycles. The highest BCUT2D eigenvalue weighted by atomic mass is 35.5. The number of halogens is 2. The maximum atomic E-state index is 12.7. The zero-order valence-electron chi connectivity index (χ0n) is 15.8. The Morgan fingerprint density at radius 3 is 2.50 bits per heavy atom. The van der Waals surface area contributed by atoms with Crippen LogP contribution in [0.3, 0.4) is 0 Å². The molecule has 0 fully saturated rings. The van der Waals surface area contributed by atoms with Gasteiger partial charge in [0.25, 0.3) is 10.0 Å². The Balaban J connectivity index is 1.69. The third-order valence-electron chi connectivity index (χ3n) is 4.49. The van der Waals surface area contributed by atoms with Crippen molar-refractivity contribution < 1.29 is 13.2 Å². The Kier molecular flexibility index (Phi) is 5.60. The van der Waals surface area contributed by atoms with Crippen LogP contribution in [0.1, 0.15) is 11.1 Å². The number of aliphatic imine (C=N–C) groups is 1. The van der Waals surface area contributed by atoms with E-state index in [1.54, 1.807) is 36.4 Å². The number of nitrogens with zero attached hydrogens (tertiary/aromatic N) is 1. The highest BCUT2D eigenvalue weighted by Crippen LogP contribution is 2.38. The average Bonchev–Trinajstić information content (AvgIpc) is 2.71. The SMILES string of the molecule is Cc1cccc(CN=C2Nc3c(Oc4ccccc4Cl)cccc3S(=O)(=O)N2)c1Cl. The summed E-state index contributed by atoms with van der Waals surface area (Å²) < 4.78 is 33.8. The summed E-state index contributed by atoms with van der Waals surface area (Å²) in [5.74, 6) is 0.803. The zero-order valence-corrected chi connectivity index (χ0v) is 18.1. The molecule has 30 heavy (non-hydrogen) atoms. The van der Waals surface area contributed by atoms with Gasteiger partial charge in [-0.25, -0.2) is 18.1 Å². The second kappa shape index (κ2) is 8.18. The monoisotopic (exact) mass is 461 g/mol. The Morgan fingerprint density at radius 2 is 1.70 bits per heavy atom. The maximum Gasteiger partial charge on any atom is 0.266 e. The molecule has 0 spiro atoms. The van der Waals surface area contributed by atoms with Crippen LogP contribution in [0.2, 0.25) is 10.0 Å². The molecule has 0 radical (unpaired) electrons. The number of rotatable bonds is 4. The fraction of sp³-hybridized carbons (Fsp3) is 0.0952. The Morgan fingerprint density at radius 1 is 0.967 bits per heavy atom. The molecule has 3 aromatic rings. The van der Waals surface area contributed by atoms with E-state index in [2.05, 4.69) is 15.0 Å². The van der Waals surface area contributed by atoms with Crippen LogP contribution in [0, 0.1) is 6.92 Å². The van der Waals surface area contributed by atoms with Crippen molar-refractivity contribution in [2.45, 2.75) is 18.4 Å². The van der Waals surface area contributed by atoms with E-state index >= 15 is 0 Å². The number of ether oxygens (including phenoxy) is 1. The Hall–Kier alpha value is -2.74. The summed E-state index contributed by atoms with van der Waals surface area (Å²) in [6, 6.07) is 17.3. The molecule has 4 rings (SSSR count). The van der Waals surface area contributed by atoms with Gasteiger partial charge < -0.3 is 10.1 Å². The zero-order chi connectivity index (χ0) is 21.3. The van der Waals surface area contributed by atoms with Crippen LogP contribution < -0.4 is 14.8 Å². The first-order valence-electron chi connectivity index (χ1n) is 8.99. The van der Waals surface area contributed by atoms with Crippen molar-refractivity contribution in [2.75, 3.05) is 5.32 Å². The van der Waals surface area contributed by atoms with E-state index in [0.717, 1.165) is 11.1 Å². The van der Waals surface area contributed by atoms with Crippen molar-refractivity contribution in [2.24, 2.45) is 4.99 Å². The standard InChI is InChI=1S/C21H17Cl2N3O3S/c1-13-6-4-7-14(19(13)23)12-24-21-25-20-17(29-16-9-3-2-8-15(16)22)10-5-11-18(20)30(27,28)26-21/h2-11H,12H2,1H3,(H2,24,25,26). The molecule has 0 saturated carbocycles. The summed E-state index contributed by atoms with van der Waals surface area (Å²) in [7, 11) is -3.83. The number of para-hydroxylation sites is 2. The molecule has 0 aliphatic carbocycles. The Bertz CT molecular complexity index is 1260. The Labute approximate surface area is 184 Å². The van der Waals surface area contributed by atoms with Crippen molar-refractivity contribution in [3.63, 3.8) is 0 Å². The number of anilines is 1. The number of aryl methyl sites for hydroxylation is 1. The van der Waals surface area contributed by atoms with Gasteiger partial charge in [-0.2, -0.15) is 0 Å². The predicted octanol–water partition coefficient (Wildman–Crippen LogP) is 5.35. The first kappa shape index (κ1) is 20.5. The van der Waals surface area contributed by atoms with Crippen molar-refractivity contribution in [1.82, 2.24) is 4.72 Å². The molecule has 0 amide bonds. The molecule has 0 bridgehead atoms. The smallest absolute Gasteiger partial charge is 0.266 e. The fourth-order valence-corrected chi connectivity index (χ4v) is 4.50. The number of hydrogen-bond acceptors (Lipinski definition) is 4. The van der Waals surface area contributed by atoms with E-state index in [1.807, 2.05) is 25.1 Å². The topological polar surface area (TPSA) is 79.8 Å². The van der Waals surface area contributed by atoms with E-state index < -0.39 is 10.0 Å². The summed E-state index contributed by atoms with van der Waals surface area (Å²) in [4.78, 5) is 4.42. The van der Waals surface area contributed by atoms with Crippen molar-refractivity contribution in [3.05, 3.63) is 81.8 Å². The molecular formula is C21H17Cl2N3O3S. The number of nitrogens with one attached hydrogen (secondary N) is 2. The van der Waals surface area contributed by atoms with Gasteiger partial charge >= 0.3 is 0 Å². The number of guanidine groups is 1.